The van der Waals surface area contributed by atoms with Crippen molar-refractivity contribution in [2.45, 2.75) is 63.5 Å². The Morgan fingerprint density at radius 2 is 1.46 bits per heavy atom. The van der Waals surface area contributed by atoms with Crippen LogP contribution in [0.15, 0.2) is 50.3 Å². The Balaban J connectivity index is 0.00000146. The number of fused-ring (bicyclic) bond motifs is 6. The molecular formula is C19H22N4Si. The first kappa shape index (κ1) is 15.8. The molecule has 122 valence electrons. The molecule has 24 heavy (non-hydrogen) atoms. The van der Waals surface area contributed by atoms with E-state index in [0.29, 0.717) is 12.1 Å². The van der Waals surface area contributed by atoms with E-state index in [4.69, 9.17) is 15.0 Å². The second-order valence-electron chi connectivity index (χ2n) is 7.16. The van der Waals surface area contributed by atoms with E-state index < -0.39 is 0 Å². The molecule has 5 aliphatic heterocycles. The van der Waals surface area contributed by atoms with Crippen LogP contribution in [-0.4, -0.2) is 40.2 Å². The maximum absolute atomic E-state index is 4.98. The molecule has 0 aromatic carbocycles. The zero-order valence-corrected chi connectivity index (χ0v) is 14.9. The minimum absolute atomic E-state index is 0. The summed E-state index contributed by atoms with van der Waals surface area (Å²) in [6, 6.07) is 0.934. The van der Waals surface area contributed by atoms with Gasteiger partial charge in [0.15, 0.2) is 0 Å². The zero-order chi connectivity index (χ0) is 15.2. The fraction of sp³-hybridized carbons (Fsp3) is 0.526. The highest BCUT2D eigenvalue weighted by molar-refractivity contribution is 6.03. The van der Waals surface area contributed by atoms with Gasteiger partial charge in [-0.3, -0.25) is 15.0 Å². The number of rotatable bonds is 0. The predicted octanol–water partition coefficient (Wildman–Crippen LogP) is 3.10. The summed E-state index contributed by atoms with van der Waals surface area (Å²) in [5, 5.41) is 3.71. The molecule has 4 radical (unpaired) electrons. The second-order valence-corrected chi connectivity index (χ2v) is 7.16. The molecular weight excluding hydrogens is 312 g/mol. The van der Waals surface area contributed by atoms with Crippen molar-refractivity contribution in [1.82, 2.24) is 5.32 Å². The van der Waals surface area contributed by atoms with Crippen molar-refractivity contribution in [3.8, 4) is 0 Å². The molecule has 5 rings (SSSR count). The largest absolute Gasteiger partial charge is 0.383 e. The molecule has 5 aliphatic rings. The summed E-state index contributed by atoms with van der Waals surface area (Å²) in [5.74, 6) is 0. The summed E-state index contributed by atoms with van der Waals surface area (Å²) >= 11 is 0. The van der Waals surface area contributed by atoms with Gasteiger partial charge in [0.2, 0.25) is 0 Å². The number of nitrogens with zero attached hydrogens (tertiary/aromatic N) is 3. The van der Waals surface area contributed by atoms with E-state index in [-0.39, 0.29) is 11.0 Å². The van der Waals surface area contributed by atoms with Crippen molar-refractivity contribution in [2.75, 3.05) is 0 Å². The van der Waals surface area contributed by atoms with Crippen molar-refractivity contribution < 1.29 is 0 Å². The monoisotopic (exact) mass is 334 g/mol. The van der Waals surface area contributed by atoms with E-state index in [0.717, 1.165) is 38.5 Å². The molecule has 5 heteroatoms. The molecule has 0 aromatic heterocycles. The van der Waals surface area contributed by atoms with Crippen LogP contribution in [0.4, 0.5) is 0 Å². The van der Waals surface area contributed by atoms with Gasteiger partial charge in [0.1, 0.15) is 0 Å². The third kappa shape index (κ3) is 2.97. The van der Waals surface area contributed by atoms with Crippen molar-refractivity contribution in [1.29, 1.82) is 0 Å². The Hall–Kier alpha value is -1.75. The first-order valence-electron chi connectivity index (χ1n) is 8.92. The van der Waals surface area contributed by atoms with Gasteiger partial charge >= 0.3 is 0 Å². The van der Waals surface area contributed by atoms with Crippen LogP contribution in [0.1, 0.15) is 51.4 Å². The summed E-state index contributed by atoms with van der Waals surface area (Å²) in [6.07, 6.45) is 15.5. The van der Waals surface area contributed by atoms with Gasteiger partial charge in [-0.15, -0.1) is 0 Å². The van der Waals surface area contributed by atoms with Crippen LogP contribution in [0.2, 0.25) is 0 Å². The van der Waals surface area contributed by atoms with Gasteiger partial charge in [0.05, 0.1) is 6.04 Å². The van der Waals surface area contributed by atoms with Crippen molar-refractivity contribution in [3.05, 3.63) is 35.3 Å². The lowest BCUT2D eigenvalue weighted by Gasteiger charge is -2.16. The highest BCUT2D eigenvalue weighted by atomic mass is 28.1. The van der Waals surface area contributed by atoms with Crippen LogP contribution in [0.25, 0.3) is 0 Å². The van der Waals surface area contributed by atoms with Crippen LogP contribution in [0.3, 0.4) is 0 Å². The molecule has 4 nitrogen and oxygen atoms in total. The first-order chi connectivity index (χ1) is 11.3. The average molecular weight is 334 g/mol. The minimum atomic E-state index is 0. The molecule has 1 N–H and O–H groups in total. The Bertz CT molecular complexity index is 738. The van der Waals surface area contributed by atoms with Gasteiger partial charge in [0, 0.05) is 51.2 Å². The minimum Gasteiger partial charge on any atom is -0.383 e. The van der Waals surface area contributed by atoms with Crippen molar-refractivity contribution in [3.63, 3.8) is 0 Å². The van der Waals surface area contributed by atoms with Gasteiger partial charge < -0.3 is 5.32 Å². The van der Waals surface area contributed by atoms with Crippen LogP contribution >= 0.6 is 0 Å². The van der Waals surface area contributed by atoms with Gasteiger partial charge in [-0.25, -0.2) is 0 Å². The van der Waals surface area contributed by atoms with Crippen LogP contribution in [0.5, 0.6) is 0 Å². The van der Waals surface area contributed by atoms with E-state index >= 15 is 0 Å². The normalized spacial score (nSPS) is 30.7. The highest BCUT2D eigenvalue weighted by Gasteiger charge is 2.30. The van der Waals surface area contributed by atoms with E-state index in [9.17, 15) is 0 Å². The first-order valence-corrected chi connectivity index (χ1v) is 8.92. The van der Waals surface area contributed by atoms with E-state index in [1.165, 1.54) is 47.1 Å². The molecule has 2 unspecified atom stereocenters. The van der Waals surface area contributed by atoms with Crippen molar-refractivity contribution in [2.24, 2.45) is 15.0 Å². The number of aliphatic imine (C=N–C) groups is 3. The Kier molecular flexibility index (Phi) is 4.12. The number of nitrogens with one attached hydrogen (secondary N) is 1. The number of hydrogen-bond acceptors (Lipinski definition) is 4. The average Bonchev–Trinajstić information content (AvgIpc) is 3.28. The Morgan fingerprint density at radius 3 is 2.25 bits per heavy atom. The Labute approximate surface area is 147 Å². The highest BCUT2D eigenvalue weighted by Crippen LogP contribution is 2.29. The van der Waals surface area contributed by atoms with Crippen molar-refractivity contribution >= 4 is 28.1 Å². The van der Waals surface area contributed by atoms with Gasteiger partial charge in [-0.05, 0) is 69.6 Å². The summed E-state index contributed by atoms with van der Waals surface area (Å²) in [4.78, 5) is 14.6. The number of allylic oxidation sites excluding steroid dienone is 6. The predicted molar refractivity (Wildman–Crippen MR) is 100.0 cm³/mol. The molecule has 5 heterocycles. The van der Waals surface area contributed by atoms with Gasteiger partial charge in [-0.1, -0.05) is 0 Å². The smallest absolute Gasteiger partial charge is 0.0707 e. The SMILES string of the molecule is C1=C2CCC(=N2)C=C2CCC(N2)C2CCC(=N2)C=C2CCC1=N2.[Si]. The third-order valence-electron chi connectivity index (χ3n) is 5.44. The van der Waals surface area contributed by atoms with E-state index in [1.54, 1.807) is 0 Å². The molecule has 0 amide bonds. The maximum atomic E-state index is 4.98. The molecule has 1 saturated heterocycles. The van der Waals surface area contributed by atoms with Crippen LogP contribution in [-0.2, 0) is 0 Å². The quantitative estimate of drug-likeness (QED) is 0.680. The molecule has 2 atom stereocenters. The molecule has 0 aliphatic carbocycles. The molecule has 0 spiro atoms. The molecule has 8 bridgehead atoms. The second kappa shape index (κ2) is 6.28. The lowest BCUT2D eigenvalue weighted by atomic mass is 10.0. The van der Waals surface area contributed by atoms with Gasteiger partial charge in [-0.2, -0.15) is 0 Å². The fourth-order valence-electron chi connectivity index (χ4n) is 4.24. The summed E-state index contributed by atoms with van der Waals surface area (Å²) < 4.78 is 0. The molecule has 0 aromatic rings. The molecule has 1 fully saturated rings. The number of hydrogen-bond donors (Lipinski definition) is 1. The standard InChI is InChI=1S/C19H22N4.Si/c1-3-14-10-16-5-7-18(22-16)19-8-6-17(23-19)11-15-4-2-13(21-15)9-12(1)20-14;/h9-11,18-19,22H,1-8H2;. The third-order valence-corrected chi connectivity index (χ3v) is 5.44. The fourth-order valence-corrected chi connectivity index (χ4v) is 4.24. The van der Waals surface area contributed by atoms with E-state index in [2.05, 4.69) is 23.5 Å². The summed E-state index contributed by atoms with van der Waals surface area (Å²) in [6.45, 7) is 0. The van der Waals surface area contributed by atoms with Gasteiger partial charge in [0.25, 0.3) is 0 Å². The zero-order valence-electron chi connectivity index (χ0n) is 13.9. The van der Waals surface area contributed by atoms with E-state index in [1.807, 2.05) is 0 Å². The van der Waals surface area contributed by atoms with Crippen LogP contribution in [0, 0.1) is 0 Å². The Morgan fingerprint density at radius 1 is 0.750 bits per heavy atom. The summed E-state index contributed by atoms with van der Waals surface area (Å²) in [7, 11) is 0. The lowest BCUT2D eigenvalue weighted by molar-refractivity contribution is 0.492. The summed E-state index contributed by atoms with van der Waals surface area (Å²) in [5.41, 5.74) is 7.41. The van der Waals surface area contributed by atoms with Crippen LogP contribution < -0.4 is 5.32 Å². The lowest BCUT2D eigenvalue weighted by Crippen LogP contribution is -2.31. The molecule has 0 saturated carbocycles. The topological polar surface area (TPSA) is 49.1 Å². The maximum Gasteiger partial charge on any atom is 0.0707 e.